The predicted octanol–water partition coefficient (Wildman–Crippen LogP) is 3.53. The Morgan fingerprint density at radius 1 is 1.08 bits per heavy atom. The number of hydrogen-bond donors (Lipinski definition) is 1. The monoisotopic (exact) mass is 562 g/mol. The van der Waals surface area contributed by atoms with Crippen LogP contribution >= 0.6 is 23.2 Å². The Bertz CT molecular complexity index is 1400. The Hall–Kier alpha value is -3.09. The number of esters is 1. The third-order valence-corrected chi connectivity index (χ3v) is 6.72. The summed E-state index contributed by atoms with van der Waals surface area (Å²) < 4.78 is 56.9. The molecule has 14 heteroatoms. The first-order valence-corrected chi connectivity index (χ1v) is 11.8. The first-order valence-electron chi connectivity index (χ1n) is 11.1. The topological polar surface area (TPSA) is 87.1 Å². The molecule has 4 rings (SSSR count). The molecular formula is C23H20Cl2F4N4O4. The van der Waals surface area contributed by atoms with Gasteiger partial charge in [0.15, 0.2) is 0 Å². The molecule has 3 heterocycles. The van der Waals surface area contributed by atoms with Crippen molar-refractivity contribution >= 4 is 40.6 Å². The number of nitrogens with one attached hydrogen (secondary N) is 1. The van der Waals surface area contributed by atoms with Gasteiger partial charge in [-0.25, -0.2) is 9.18 Å². The second kappa shape index (κ2) is 10.7. The zero-order chi connectivity index (χ0) is 26.9. The van der Waals surface area contributed by atoms with E-state index in [1.165, 1.54) is 39.8 Å². The summed E-state index contributed by atoms with van der Waals surface area (Å²) in [5, 5.41) is 0.356. The lowest BCUT2D eigenvalue weighted by Crippen LogP contribution is -2.49. The Morgan fingerprint density at radius 3 is 2.46 bits per heavy atom. The molecule has 37 heavy (non-hydrogen) atoms. The third kappa shape index (κ3) is 5.91. The average Bonchev–Trinajstić information content (AvgIpc) is 3.16. The number of benzene rings is 1. The number of aromatic nitrogens is 2. The molecule has 3 aromatic rings. The van der Waals surface area contributed by atoms with Gasteiger partial charge in [-0.1, -0.05) is 29.3 Å². The lowest BCUT2D eigenvalue weighted by Gasteiger charge is -2.34. The van der Waals surface area contributed by atoms with Crippen LogP contribution in [-0.4, -0.2) is 76.6 Å². The van der Waals surface area contributed by atoms with Gasteiger partial charge in [-0.2, -0.15) is 13.2 Å². The van der Waals surface area contributed by atoms with Crippen molar-refractivity contribution in [2.24, 2.45) is 0 Å². The molecule has 8 nitrogen and oxygen atoms in total. The number of ether oxygens (including phenoxy) is 1. The zero-order valence-corrected chi connectivity index (χ0v) is 20.6. The summed E-state index contributed by atoms with van der Waals surface area (Å²) in [4.78, 5) is 41.7. The van der Waals surface area contributed by atoms with Crippen LogP contribution in [0.3, 0.4) is 0 Å². The number of fused-ring (bicyclic) bond motifs is 1. The number of carbonyl (C=O) groups excluding carboxylic acids is 2. The van der Waals surface area contributed by atoms with E-state index in [2.05, 4.69) is 9.72 Å². The zero-order valence-electron chi connectivity index (χ0n) is 19.1. The second-order valence-electron chi connectivity index (χ2n) is 8.37. The van der Waals surface area contributed by atoms with Gasteiger partial charge >= 0.3 is 12.1 Å². The summed E-state index contributed by atoms with van der Waals surface area (Å²) in [5.41, 5.74) is 0.880. The molecule has 1 N–H and O–H groups in total. The molecule has 0 atom stereocenters. The molecule has 1 aliphatic heterocycles. The number of halogens is 6. The molecule has 198 valence electrons. The largest absolute Gasteiger partial charge is 0.490 e. The van der Waals surface area contributed by atoms with Gasteiger partial charge in [0.2, 0.25) is 0 Å². The van der Waals surface area contributed by atoms with Crippen LogP contribution in [-0.2, 0) is 16.0 Å². The first kappa shape index (κ1) is 27.0. The van der Waals surface area contributed by atoms with Crippen molar-refractivity contribution in [2.45, 2.75) is 12.6 Å². The molecule has 1 aliphatic rings. The minimum atomic E-state index is -5.05. The minimum Gasteiger partial charge on any atom is -0.458 e. The summed E-state index contributed by atoms with van der Waals surface area (Å²) in [6.45, 7) is 0.712. The van der Waals surface area contributed by atoms with E-state index in [9.17, 15) is 31.9 Å². The Balaban J connectivity index is 1.41. The number of nitrogens with zero attached hydrogens (tertiary/aromatic N) is 3. The summed E-state index contributed by atoms with van der Waals surface area (Å²) in [5.74, 6) is -3.48. The van der Waals surface area contributed by atoms with Gasteiger partial charge in [-0.05, 0) is 23.8 Å². The van der Waals surface area contributed by atoms with Crippen LogP contribution in [0.15, 0.2) is 35.3 Å². The van der Waals surface area contributed by atoms with Crippen molar-refractivity contribution in [3.8, 4) is 0 Å². The van der Waals surface area contributed by atoms with Crippen LogP contribution in [0, 0.1) is 5.82 Å². The highest BCUT2D eigenvalue weighted by atomic mass is 35.5. The number of piperazine rings is 1. The molecule has 0 radical (unpaired) electrons. The maximum absolute atomic E-state index is 14.6. The first-order chi connectivity index (χ1) is 17.5. The Morgan fingerprint density at radius 2 is 1.78 bits per heavy atom. The number of H-pyrrole nitrogens is 1. The molecule has 1 amide bonds. The molecule has 2 aromatic heterocycles. The average molecular weight is 563 g/mol. The van der Waals surface area contributed by atoms with E-state index in [4.69, 9.17) is 23.2 Å². The van der Waals surface area contributed by atoms with Crippen molar-refractivity contribution in [1.29, 1.82) is 0 Å². The van der Waals surface area contributed by atoms with Crippen molar-refractivity contribution in [1.82, 2.24) is 19.2 Å². The van der Waals surface area contributed by atoms with E-state index < -0.39 is 30.5 Å². The van der Waals surface area contributed by atoms with Crippen LogP contribution in [0.5, 0.6) is 0 Å². The van der Waals surface area contributed by atoms with Crippen molar-refractivity contribution in [3.63, 3.8) is 0 Å². The summed E-state index contributed by atoms with van der Waals surface area (Å²) in [6, 6.07) is 5.56. The lowest BCUT2D eigenvalue weighted by atomic mass is 10.0. The maximum atomic E-state index is 14.6. The molecule has 0 saturated carbocycles. The van der Waals surface area contributed by atoms with Gasteiger partial charge in [-0.3, -0.25) is 18.9 Å². The maximum Gasteiger partial charge on any atom is 0.490 e. The molecule has 1 aromatic carbocycles. The van der Waals surface area contributed by atoms with Crippen molar-refractivity contribution in [3.05, 3.63) is 73.6 Å². The van der Waals surface area contributed by atoms with E-state index in [0.717, 1.165) is 0 Å². The molecule has 1 fully saturated rings. The lowest BCUT2D eigenvalue weighted by molar-refractivity contribution is -0.200. The Labute approximate surface area is 217 Å². The normalized spacial score (nSPS) is 14.8. The predicted molar refractivity (Wildman–Crippen MR) is 127 cm³/mol. The molecule has 0 spiro atoms. The van der Waals surface area contributed by atoms with Crippen LogP contribution in [0.1, 0.15) is 21.6 Å². The van der Waals surface area contributed by atoms with Crippen molar-refractivity contribution in [2.75, 3.05) is 39.3 Å². The van der Waals surface area contributed by atoms with E-state index in [0.29, 0.717) is 24.3 Å². The number of carbonyl (C=O) groups is 2. The van der Waals surface area contributed by atoms with Gasteiger partial charge in [0.05, 0.1) is 10.6 Å². The van der Waals surface area contributed by atoms with Gasteiger partial charge in [0.25, 0.3) is 11.5 Å². The SMILES string of the molecule is O=C(c1cc(Cc2c[nH]c(=O)c3cc(Cl)c(Cl)n23)ccc1F)N1CCN(CCOC(=O)C(F)(F)F)CC1. The molecule has 0 unspecified atom stereocenters. The molecular weight excluding hydrogens is 543 g/mol. The van der Waals surface area contributed by atoms with E-state index in [1.54, 1.807) is 4.90 Å². The fourth-order valence-electron chi connectivity index (χ4n) is 4.07. The van der Waals surface area contributed by atoms with E-state index in [1.807, 2.05) is 0 Å². The number of aromatic amines is 1. The molecule has 0 bridgehead atoms. The van der Waals surface area contributed by atoms with Gasteiger partial charge in [-0.15, -0.1) is 0 Å². The molecule has 0 aliphatic carbocycles. The highest BCUT2D eigenvalue weighted by Gasteiger charge is 2.40. The third-order valence-electron chi connectivity index (χ3n) is 5.97. The van der Waals surface area contributed by atoms with Gasteiger partial charge in [0.1, 0.15) is 23.1 Å². The highest BCUT2D eigenvalue weighted by molar-refractivity contribution is 6.42. The summed E-state index contributed by atoms with van der Waals surface area (Å²) in [6.07, 6.45) is -3.37. The van der Waals surface area contributed by atoms with Gasteiger partial charge in [0, 0.05) is 51.0 Å². The minimum absolute atomic E-state index is 0.0767. The van der Waals surface area contributed by atoms with Crippen LogP contribution < -0.4 is 5.56 Å². The molecule has 1 saturated heterocycles. The Kier molecular flexibility index (Phi) is 7.81. The number of rotatable bonds is 6. The van der Waals surface area contributed by atoms with Gasteiger partial charge < -0.3 is 14.6 Å². The van der Waals surface area contributed by atoms with Crippen LogP contribution in [0.4, 0.5) is 17.6 Å². The fourth-order valence-corrected chi connectivity index (χ4v) is 4.51. The highest BCUT2D eigenvalue weighted by Crippen LogP contribution is 2.27. The summed E-state index contributed by atoms with van der Waals surface area (Å²) in [7, 11) is 0. The second-order valence-corrected chi connectivity index (χ2v) is 9.14. The van der Waals surface area contributed by atoms with Crippen LogP contribution in [0.2, 0.25) is 10.2 Å². The van der Waals surface area contributed by atoms with Crippen molar-refractivity contribution < 1.29 is 31.9 Å². The summed E-state index contributed by atoms with van der Waals surface area (Å²) >= 11 is 12.3. The number of amides is 1. The quantitative estimate of drug-likeness (QED) is 0.367. The number of hydrogen-bond acceptors (Lipinski definition) is 5. The fraction of sp³-hybridized carbons (Fsp3) is 0.348. The number of alkyl halides is 3. The van der Waals surface area contributed by atoms with E-state index in [-0.39, 0.29) is 52.9 Å². The smallest absolute Gasteiger partial charge is 0.458 e. The van der Waals surface area contributed by atoms with E-state index >= 15 is 0 Å². The van der Waals surface area contributed by atoms with Crippen LogP contribution in [0.25, 0.3) is 5.52 Å². The standard InChI is InChI=1S/C23H20Cl2F4N4O4/c24-16-11-18-20(34)30-12-14(33(18)19(16)25)9-13-1-2-17(26)15(10-13)21(35)32-5-3-31(4-6-32)7-8-37-22(36)23(27,28)29/h1-2,10-12H,3-9H2,(H,30,34).